The molecule has 1 unspecified atom stereocenters. The maximum absolute atomic E-state index is 13.1. The van der Waals surface area contributed by atoms with E-state index in [1.54, 1.807) is 6.07 Å². The van der Waals surface area contributed by atoms with Gasteiger partial charge in [-0.3, -0.25) is 4.68 Å². The molecule has 108 valence electrons. The average Bonchev–Trinajstić information content (AvgIpc) is 2.67. The number of rotatable bonds is 4. The van der Waals surface area contributed by atoms with Gasteiger partial charge in [-0.05, 0) is 68.5 Å². The third kappa shape index (κ3) is 2.97. The van der Waals surface area contributed by atoms with Crippen LogP contribution in [0, 0.1) is 23.2 Å². The van der Waals surface area contributed by atoms with Crippen molar-refractivity contribution in [1.29, 1.82) is 0 Å². The standard InChI is InChI=1S/C15H19FIN3/c1-5-20-11(4)15(10(3)19-20)9(2)18-14-7-6-12(16)8-13(14)17/h6-9,18H,5H2,1-4H3. The van der Waals surface area contributed by atoms with Crippen LogP contribution in [0.1, 0.15) is 36.8 Å². The van der Waals surface area contributed by atoms with E-state index < -0.39 is 0 Å². The van der Waals surface area contributed by atoms with Gasteiger partial charge in [0.1, 0.15) is 5.82 Å². The summed E-state index contributed by atoms with van der Waals surface area (Å²) in [6.45, 7) is 9.18. The summed E-state index contributed by atoms with van der Waals surface area (Å²) in [6, 6.07) is 4.92. The van der Waals surface area contributed by atoms with Crippen LogP contribution in [0.25, 0.3) is 0 Å². The highest BCUT2D eigenvalue weighted by molar-refractivity contribution is 14.1. The highest BCUT2D eigenvalue weighted by Crippen LogP contribution is 2.27. The van der Waals surface area contributed by atoms with Crippen molar-refractivity contribution in [2.24, 2.45) is 0 Å². The van der Waals surface area contributed by atoms with Gasteiger partial charge < -0.3 is 5.32 Å². The molecule has 3 nitrogen and oxygen atoms in total. The number of nitrogens with zero attached hydrogens (tertiary/aromatic N) is 2. The predicted octanol–water partition coefficient (Wildman–Crippen LogP) is 4.44. The number of aromatic nitrogens is 2. The number of benzene rings is 1. The molecule has 1 N–H and O–H groups in total. The molecule has 5 heteroatoms. The molecule has 0 radical (unpaired) electrons. The van der Waals surface area contributed by atoms with Crippen molar-refractivity contribution < 1.29 is 4.39 Å². The van der Waals surface area contributed by atoms with E-state index in [1.807, 2.05) is 11.6 Å². The average molecular weight is 387 g/mol. The molecular formula is C15H19FIN3. The van der Waals surface area contributed by atoms with Crippen LogP contribution in [-0.2, 0) is 6.54 Å². The van der Waals surface area contributed by atoms with Gasteiger partial charge in [0.25, 0.3) is 0 Å². The largest absolute Gasteiger partial charge is 0.378 e. The normalized spacial score (nSPS) is 12.5. The Labute approximate surface area is 132 Å². The van der Waals surface area contributed by atoms with Crippen molar-refractivity contribution in [3.05, 3.63) is 44.5 Å². The Balaban J connectivity index is 2.28. The second-order valence-electron chi connectivity index (χ2n) is 4.89. The lowest BCUT2D eigenvalue weighted by atomic mass is 10.1. The number of hydrogen-bond donors (Lipinski definition) is 1. The Bertz CT molecular complexity index is 622. The molecule has 0 spiro atoms. The lowest BCUT2D eigenvalue weighted by molar-refractivity contribution is 0.626. The monoisotopic (exact) mass is 387 g/mol. The zero-order chi connectivity index (χ0) is 14.9. The Morgan fingerprint density at radius 1 is 1.40 bits per heavy atom. The van der Waals surface area contributed by atoms with E-state index in [0.717, 1.165) is 21.5 Å². The van der Waals surface area contributed by atoms with E-state index in [2.05, 4.69) is 53.8 Å². The fraction of sp³-hybridized carbons (Fsp3) is 0.400. The van der Waals surface area contributed by atoms with E-state index in [4.69, 9.17) is 0 Å². The quantitative estimate of drug-likeness (QED) is 0.787. The Morgan fingerprint density at radius 3 is 2.65 bits per heavy atom. The van der Waals surface area contributed by atoms with Crippen LogP contribution in [0.2, 0.25) is 0 Å². The summed E-state index contributed by atoms with van der Waals surface area (Å²) in [6.07, 6.45) is 0. The van der Waals surface area contributed by atoms with Crippen LogP contribution in [0.5, 0.6) is 0 Å². The molecule has 0 fully saturated rings. The molecule has 0 saturated heterocycles. The number of anilines is 1. The van der Waals surface area contributed by atoms with Crippen LogP contribution < -0.4 is 5.32 Å². The van der Waals surface area contributed by atoms with E-state index >= 15 is 0 Å². The van der Waals surface area contributed by atoms with Crippen molar-refractivity contribution in [2.45, 2.75) is 40.3 Å². The first kappa shape index (κ1) is 15.3. The molecule has 0 bridgehead atoms. The smallest absolute Gasteiger partial charge is 0.124 e. The molecule has 20 heavy (non-hydrogen) atoms. The maximum Gasteiger partial charge on any atom is 0.124 e. The SMILES string of the molecule is CCn1nc(C)c(C(C)Nc2ccc(F)cc2I)c1C. The van der Waals surface area contributed by atoms with Gasteiger partial charge in [-0.25, -0.2) is 4.39 Å². The molecule has 1 atom stereocenters. The van der Waals surface area contributed by atoms with E-state index in [9.17, 15) is 4.39 Å². The van der Waals surface area contributed by atoms with Gasteiger partial charge in [-0.15, -0.1) is 0 Å². The molecular weight excluding hydrogens is 368 g/mol. The summed E-state index contributed by atoms with van der Waals surface area (Å²) in [5.41, 5.74) is 4.39. The molecule has 1 aromatic heterocycles. The van der Waals surface area contributed by atoms with Crippen LogP contribution in [0.3, 0.4) is 0 Å². The van der Waals surface area contributed by atoms with Crippen LogP contribution in [0.15, 0.2) is 18.2 Å². The summed E-state index contributed by atoms with van der Waals surface area (Å²) in [7, 11) is 0. The summed E-state index contributed by atoms with van der Waals surface area (Å²) >= 11 is 2.15. The second-order valence-corrected chi connectivity index (χ2v) is 6.05. The summed E-state index contributed by atoms with van der Waals surface area (Å²) in [4.78, 5) is 0. The summed E-state index contributed by atoms with van der Waals surface area (Å²) < 4.78 is 16.0. The highest BCUT2D eigenvalue weighted by Gasteiger charge is 2.17. The second kappa shape index (κ2) is 6.11. The molecule has 0 amide bonds. The van der Waals surface area contributed by atoms with Crippen molar-refractivity contribution in [2.75, 3.05) is 5.32 Å². The Hall–Kier alpha value is -1.11. The fourth-order valence-corrected chi connectivity index (χ4v) is 3.19. The minimum atomic E-state index is -0.209. The van der Waals surface area contributed by atoms with Gasteiger partial charge >= 0.3 is 0 Å². The lowest BCUT2D eigenvalue weighted by Crippen LogP contribution is -2.10. The highest BCUT2D eigenvalue weighted by atomic mass is 127. The van der Waals surface area contributed by atoms with E-state index in [-0.39, 0.29) is 11.9 Å². The van der Waals surface area contributed by atoms with E-state index in [1.165, 1.54) is 23.4 Å². The van der Waals surface area contributed by atoms with Crippen molar-refractivity contribution in [3.63, 3.8) is 0 Å². The zero-order valence-corrected chi connectivity index (χ0v) is 14.3. The first-order chi connectivity index (χ1) is 9.43. The Morgan fingerprint density at radius 2 is 2.10 bits per heavy atom. The number of nitrogens with one attached hydrogen (secondary N) is 1. The first-order valence-corrected chi connectivity index (χ1v) is 7.77. The molecule has 0 aliphatic carbocycles. The van der Waals surface area contributed by atoms with Crippen LogP contribution in [0.4, 0.5) is 10.1 Å². The Kier molecular flexibility index (Phi) is 4.67. The van der Waals surface area contributed by atoms with E-state index in [0.29, 0.717) is 0 Å². The summed E-state index contributed by atoms with van der Waals surface area (Å²) in [5.74, 6) is -0.209. The number of hydrogen-bond acceptors (Lipinski definition) is 2. The molecule has 2 rings (SSSR count). The van der Waals surface area contributed by atoms with Crippen LogP contribution >= 0.6 is 22.6 Å². The van der Waals surface area contributed by atoms with Gasteiger partial charge in [0.15, 0.2) is 0 Å². The van der Waals surface area contributed by atoms with Gasteiger partial charge in [-0.2, -0.15) is 5.10 Å². The maximum atomic E-state index is 13.1. The predicted molar refractivity (Wildman–Crippen MR) is 88.5 cm³/mol. The zero-order valence-electron chi connectivity index (χ0n) is 12.2. The molecule has 0 saturated carbocycles. The van der Waals surface area contributed by atoms with Crippen molar-refractivity contribution >= 4 is 28.3 Å². The van der Waals surface area contributed by atoms with Crippen LogP contribution in [-0.4, -0.2) is 9.78 Å². The van der Waals surface area contributed by atoms with Gasteiger partial charge in [0.05, 0.1) is 11.7 Å². The number of halogens is 2. The minimum absolute atomic E-state index is 0.134. The van der Waals surface area contributed by atoms with Gasteiger partial charge in [0, 0.05) is 27.1 Å². The van der Waals surface area contributed by atoms with Gasteiger partial charge in [-0.1, -0.05) is 0 Å². The topological polar surface area (TPSA) is 29.9 Å². The molecule has 2 aromatic rings. The fourth-order valence-electron chi connectivity index (χ4n) is 2.56. The van der Waals surface area contributed by atoms with Crippen molar-refractivity contribution in [1.82, 2.24) is 9.78 Å². The third-order valence-corrected chi connectivity index (χ3v) is 4.37. The van der Waals surface area contributed by atoms with Gasteiger partial charge in [0.2, 0.25) is 0 Å². The molecule has 0 aliphatic heterocycles. The number of aryl methyl sites for hydroxylation is 2. The first-order valence-electron chi connectivity index (χ1n) is 6.69. The third-order valence-electron chi connectivity index (χ3n) is 3.47. The lowest BCUT2D eigenvalue weighted by Gasteiger charge is -2.17. The molecule has 1 heterocycles. The molecule has 1 aromatic carbocycles. The summed E-state index contributed by atoms with van der Waals surface area (Å²) in [5, 5.41) is 7.99. The minimum Gasteiger partial charge on any atom is -0.378 e. The van der Waals surface area contributed by atoms with Crippen molar-refractivity contribution in [3.8, 4) is 0 Å². The molecule has 0 aliphatic rings.